The second-order valence-electron chi connectivity index (χ2n) is 4.53. The molecule has 0 spiro atoms. The van der Waals surface area contributed by atoms with Gasteiger partial charge in [0.2, 0.25) is 5.91 Å². The number of likely N-dealkylation sites (N-methyl/N-ethyl adjacent to an activating group) is 2. The van der Waals surface area contributed by atoms with E-state index in [1.54, 1.807) is 24.1 Å². The molecule has 2 N–H and O–H groups in total. The summed E-state index contributed by atoms with van der Waals surface area (Å²) in [6, 6.07) is 6.22. The van der Waals surface area contributed by atoms with Crippen LogP contribution in [0.5, 0.6) is 0 Å². The summed E-state index contributed by atoms with van der Waals surface area (Å²) < 4.78 is 13.2. The number of carbonyl (C=O) groups excluding carboxylic acids is 1. The molecule has 0 saturated carbocycles. The quantitative estimate of drug-likeness (QED) is 0.780. The van der Waals surface area contributed by atoms with Crippen LogP contribution in [-0.4, -0.2) is 42.5 Å². The fraction of sp³-hybridized carbons (Fsp3) is 0.429. The van der Waals surface area contributed by atoms with Crippen LogP contribution in [0, 0.1) is 5.82 Å². The van der Waals surface area contributed by atoms with Crippen LogP contribution in [-0.2, 0) is 4.79 Å². The normalized spacial score (nSPS) is 10.2. The van der Waals surface area contributed by atoms with Gasteiger partial charge in [0, 0.05) is 32.2 Å². The van der Waals surface area contributed by atoms with E-state index in [1.807, 2.05) is 11.8 Å². The smallest absolute Gasteiger partial charge is 0.241 e. The Labute approximate surface area is 124 Å². The maximum absolute atomic E-state index is 13.2. The van der Waals surface area contributed by atoms with Crippen molar-refractivity contribution in [2.45, 2.75) is 13.3 Å². The minimum atomic E-state index is -0.310. The van der Waals surface area contributed by atoms with Crippen molar-refractivity contribution in [3.05, 3.63) is 30.1 Å². The molecule has 0 saturated heterocycles. The van der Waals surface area contributed by atoms with E-state index in [1.165, 1.54) is 12.1 Å². The summed E-state index contributed by atoms with van der Waals surface area (Å²) in [5, 5.41) is 0. The lowest BCUT2D eigenvalue weighted by molar-refractivity contribution is -0.128. The van der Waals surface area contributed by atoms with E-state index in [0.717, 1.165) is 0 Å². The van der Waals surface area contributed by atoms with Crippen LogP contribution >= 0.6 is 12.2 Å². The van der Waals surface area contributed by atoms with E-state index in [2.05, 4.69) is 0 Å². The number of nitrogens with two attached hydrogens (primary N) is 1. The predicted molar refractivity (Wildman–Crippen MR) is 83.3 cm³/mol. The van der Waals surface area contributed by atoms with E-state index >= 15 is 0 Å². The summed E-state index contributed by atoms with van der Waals surface area (Å²) in [5.74, 6) is -0.359. The van der Waals surface area contributed by atoms with Gasteiger partial charge < -0.3 is 15.5 Å². The average Bonchev–Trinajstić information content (AvgIpc) is 2.41. The maximum Gasteiger partial charge on any atom is 0.241 e. The molecular weight excluding hydrogens is 277 g/mol. The van der Waals surface area contributed by atoms with Crippen molar-refractivity contribution < 1.29 is 9.18 Å². The van der Waals surface area contributed by atoms with Crippen molar-refractivity contribution in [2.75, 3.05) is 31.6 Å². The fourth-order valence-electron chi connectivity index (χ4n) is 1.75. The summed E-state index contributed by atoms with van der Waals surface area (Å²) in [5.41, 5.74) is 6.12. The van der Waals surface area contributed by atoms with Gasteiger partial charge in [-0.05, 0) is 25.1 Å². The highest BCUT2D eigenvalue weighted by molar-refractivity contribution is 7.80. The van der Waals surface area contributed by atoms with E-state index in [4.69, 9.17) is 18.0 Å². The van der Waals surface area contributed by atoms with Gasteiger partial charge in [0.05, 0.1) is 11.5 Å². The first-order chi connectivity index (χ1) is 9.43. The first-order valence-corrected chi connectivity index (χ1v) is 6.87. The highest BCUT2D eigenvalue weighted by atomic mass is 32.1. The minimum absolute atomic E-state index is 0.0487. The molecule has 1 aromatic carbocycles. The molecule has 0 bridgehead atoms. The Morgan fingerprint density at radius 2 is 2.15 bits per heavy atom. The predicted octanol–water partition coefficient (Wildman–Crippen LogP) is 1.79. The molecule has 0 unspecified atom stereocenters. The van der Waals surface area contributed by atoms with Crippen LogP contribution in [0.15, 0.2) is 24.3 Å². The van der Waals surface area contributed by atoms with Crippen LogP contribution in [0.1, 0.15) is 13.3 Å². The first kappa shape index (κ1) is 16.4. The van der Waals surface area contributed by atoms with Crippen molar-refractivity contribution in [3.8, 4) is 0 Å². The average molecular weight is 297 g/mol. The number of anilines is 1. The van der Waals surface area contributed by atoms with Gasteiger partial charge in [-0.2, -0.15) is 0 Å². The van der Waals surface area contributed by atoms with Gasteiger partial charge in [-0.3, -0.25) is 4.79 Å². The number of carbonyl (C=O) groups is 1. The van der Waals surface area contributed by atoms with Gasteiger partial charge in [0.25, 0.3) is 0 Å². The molecule has 20 heavy (non-hydrogen) atoms. The zero-order valence-electron chi connectivity index (χ0n) is 11.8. The zero-order chi connectivity index (χ0) is 15.1. The van der Waals surface area contributed by atoms with E-state index < -0.39 is 0 Å². The molecule has 1 amide bonds. The highest BCUT2D eigenvalue weighted by Gasteiger charge is 2.14. The van der Waals surface area contributed by atoms with Crippen LogP contribution in [0.2, 0.25) is 0 Å². The van der Waals surface area contributed by atoms with Crippen LogP contribution in [0.3, 0.4) is 0 Å². The Bertz CT molecular complexity index is 481. The van der Waals surface area contributed by atoms with Crippen molar-refractivity contribution in [1.29, 1.82) is 0 Å². The molecule has 1 rings (SSSR count). The molecule has 0 aliphatic heterocycles. The third kappa shape index (κ3) is 5.13. The Balaban J connectivity index is 2.64. The molecule has 0 heterocycles. The molecule has 0 fully saturated rings. The summed E-state index contributed by atoms with van der Waals surface area (Å²) >= 11 is 4.79. The maximum atomic E-state index is 13.2. The van der Waals surface area contributed by atoms with Crippen LogP contribution in [0.25, 0.3) is 0 Å². The monoisotopic (exact) mass is 297 g/mol. The van der Waals surface area contributed by atoms with Gasteiger partial charge in [-0.15, -0.1) is 0 Å². The number of benzene rings is 1. The topological polar surface area (TPSA) is 49.6 Å². The molecule has 0 aliphatic rings. The van der Waals surface area contributed by atoms with Crippen molar-refractivity contribution in [2.24, 2.45) is 5.73 Å². The third-order valence-electron chi connectivity index (χ3n) is 3.00. The Kier molecular flexibility index (Phi) is 6.38. The number of amides is 1. The second kappa shape index (κ2) is 7.79. The summed E-state index contributed by atoms with van der Waals surface area (Å²) in [4.78, 5) is 15.9. The Morgan fingerprint density at radius 1 is 1.45 bits per heavy atom. The standard InChI is InChI=1S/C14H20FN3OS/c1-3-18(12-6-4-5-11(15)9-12)10-14(19)17(2)8-7-13(16)20/h4-6,9H,3,7-8,10H2,1-2H3,(H2,16,20). The largest absolute Gasteiger partial charge is 0.393 e. The fourth-order valence-corrected chi connectivity index (χ4v) is 1.84. The number of halogens is 1. The lowest BCUT2D eigenvalue weighted by Gasteiger charge is -2.25. The van der Waals surface area contributed by atoms with Gasteiger partial charge in [0.15, 0.2) is 0 Å². The minimum Gasteiger partial charge on any atom is -0.393 e. The van der Waals surface area contributed by atoms with Crippen LogP contribution in [0.4, 0.5) is 10.1 Å². The first-order valence-electron chi connectivity index (χ1n) is 6.46. The molecule has 110 valence electrons. The van der Waals surface area contributed by atoms with Crippen LogP contribution < -0.4 is 10.6 Å². The van der Waals surface area contributed by atoms with E-state index in [9.17, 15) is 9.18 Å². The van der Waals surface area contributed by atoms with Gasteiger partial charge in [-0.1, -0.05) is 18.3 Å². The third-order valence-corrected chi connectivity index (χ3v) is 3.20. The summed E-state index contributed by atoms with van der Waals surface area (Å²) in [6.45, 7) is 3.24. The number of nitrogens with zero attached hydrogens (tertiary/aromatic N) is 2. The van der Waals surface area contributed by atoms with Crippen molar-refractivity contribution >= 4 is 28.8 Å². The zero-order valence-corrected chi connectivity index (χ0v) is 12.6. The molecule has 6 heteroatoms. The van der Waals surface area contributed by atoms with Crippen molar-refractivity contribution in [1.82, 2.24) is 4.90 Å². The molecule has 0 aromatic heterocycles. The van der Waals surface area contributed by atoms with Gasteiger partial charge >= 0.3 is 0 Å². The lowest BCUT2D eigenvalue weighted by atomic mass is 10.2. The van der Waals surface area contributed by atoms with E-state index in [-0.39, 0.29) is 18.3 Å². The Hall–Kier alpha value is -1.69. The molecule has 0 aliphatic carbocycles. The second-order valence-corrected chi connectivity index (χ2v) is 5.05. The number of thiocarbonyl (C=S) groups is 1. The molecular formula is C14H20FN3OS. The number of hydrogen-bond donors (Lipinski definition) is 1. The molecule has 1 aromatic rings. The van der Waals surface area contributed by atoms with Crippen molar-refractivity contribution in [3.63, 3.8) is 0 Å². The molecule has 0 radical (unpaired) electrons. The Morgan fingerprint density at radius 3 is 2.70 bits per heavy atom. The van der Waals surface area contributed by atoms with Gasteiger partial charge in [-0.25, -0.2) is 4.39 Å². The van der Waals surface area contributed by atoms with E-state index in [0.29, 0.717) is 30.2 Å². The summed E-state index contributed by atoms with van der Waals surface area (Å²) in [7, 11) is 1.71. The summed E-state index contributed by atoms with van der Waals surface area (Å²) in [6.07, 6.45) is 0.504. The number of hydrogen-bond acceptors (Lipinski definition) is 3. The van der Waals surface area contributed by atoms with Gasteiger partial charge in [0.1, 0.15) is 5.82 Å². The SMILES string of the molecule is CCN(CC(=O)N(C)CCC(N)=S)c1cccc(F)c1. The number of rotatable bonds is 7. The highest BCUT2D eigenvalue weighted by Crippen LogP contribution is 2.15. The molecule has 0 atom stereocenters. The lowest BCUT2D eigenvalue weighted by Crippen LogP contribution is -2.39. The molecule has 4 nitrogen and oxygen atoms in total.